The molecule has 3 unspecified atom stereocenters. The van der Waals surface area contributed by atoms with Gasteiger partial charge in [0, 0.05) is 24.7 Å². The standard InChI is InChI=1S/C17H24N2O/c1-12(2)19(11-13-6-4-3-5-7-13)17(20)15-10-14-8-9-16(15)18-14/h3-7,12,14-16,18H,8-11H2,1-2H3. The molecule has 2 saturated heterocycles. The predicted molar refractivity (Wildman–Crippen MR) is 80.2 cm³/mol. The summed E-state index contributed by atoms with van der Waals surface area (Å²) in [6.07, 6.45) is 3.44. The zero-order chi connectivity index (χ0) is 14.1. The van der Waals surface area contributed by atoms with Crippen molar-refractivity contribution in [3.63, 3.8) is 0 Å². The molecule has 2 heterocycles. The van der Waals surface area contributed by atoms with Gasteiger partial charge in [-0.2, -0.15) is 0 Å². The van der Waals surface area contributed by atoms with Crippen molar-refractivity contribution in [3.05, 3.63) is 35.9 Å². The van der Waals surface area contributed by atoms with Crippen LogP contribution in [0, 0.1) is 5.92 Å². The summed E-state index contributed by atoms with van der Waals surface area (Å²) in [7, 11) is 0. The summed E-state index contributed by atoms with van der Waals surface area (Å²) in [5, 5.41) is 3.57. The Morgan fingerprint density at radius 2 is 2.05 bits per heavy atom. The van der Waals surface area contributed by atoms with Crippen LogP contribution in [0.1, 0.15) is 38.7 Å². The monoisotopic (exact) mass is 272 g/mol. The maximum atomic E-state index is 12.9. The predicted octanol–water partition coefficient (Wildman–Crippen LogP) is 2.56. The Bertz CT molecular complexity index is 471. The Labute approximate surface area is 121 Å². The topological polar surface area (TPSA) is 32.3 Å². The fourth-order valence-electron chi connectivity index (χ4n) is 3.61. The molecule has 0 radical (unpaired) electrons. The van der Waals surface area contributed by atoms with E-state index < -0.39 is 0 Å². The molecular weight excluding hydrogens is 248 g/mol. The van der Waals surface area contributed by atoms with Crippen LogP contribution in [0.4, 0.5) is 0 Å². The smallest absolute Gasteiger partial charge is 0.227 e. The van der Waals surface area contributed by atoms with Gasteiger partial charge in [-0.25, -0.2) is 0 Å². The molecule has 2 bridgehead atoms. The van der Waals surface area contributed by atoms with Crippen molar-refractivity contribution in [1.29, 1.82) is 0 Å². The fourth-order valence-corrected chi connectivity index (χ4v) is 3.61. The van der Waals surface area contributed by atoms with E-state index in [1.807, 2.05) is 23.1 Å². The number of benzene rings is 1. The largest absolute Gasteiger partial charge is 0.336 e. The average molecular weight is 272 g/mol. The van der Waals surface area contributed by atoms with Crippen molar-refractivity contribution < 1.29 is 4.79 Å². The zero-order valence-electron chi connectivity index (χ0n) is 12.4. The van der Waals surface area contributed by atoms with Crippen LogP contribution in [0.2, 0.25) is 0 Å². The molecule has 2 aliphatic rings. The highest BCUT2D eigenvalue weighted by atomic mass is 16.2. The highest BCUT2D eigenvalue weighted by Crippen LogP contribution is 2.34. The molecular formula is C17H24N2O. The van der Waals surface area contributed by atoms with Gasteiger partial charge in [-0.1, -0.05) is 30.3 Å². The lowest BCUT2D eigenvalue weighted by Gasteiger charge is -2.32. The van der Waals surface area contributed by atoms with E-state index in [9.17, 15) is 4.79 Å². The number of amides is 1. The first-order chi connectivity index (χ1) is 9.65. The van der Waals surface area contributed by atoms with Crippen LogP contribution in [-0.4, -0.2) is 28.9 Å². The van der Waals surface area contributed by atoms with Gasteiger partial charge in [0.05, 0.1) is 5.92 Å². The second kappa shape index (κ2) is 5.57. The number of nitrogens with zero attached hydrogens (tertiary/aromatic N) is 1. The second-order valence-electron chi connectivity index (χ2n) is 6.44. The normalized spacial score (nSPS) is 28.1. The van der Waals surface area contributed by atoms with Crippen molar-refractivity contribution in [3.8, 4) is 0 Å². The minimum absolute atomic E-state index is 0.194. The SMILES string of the molecule is CC(C)N(Cc1ccccc1)C(=O)C1CC2CCC1N2. The highest BCUT2D eigenvalue weighted by Gasteiger charge is 2.44. The second-order valence-corrected chi connectivity index (χ2v) is 6.44. The third-order valence-corrected chi connectivity index (χ3v) is 4.72. The molecule has 0 spiro atoms. The number of rotatable bonds is 4. The van der Waals surface area contributed by atoms with Crippen LogP contribution in [0.5, 0.6) is 0 Å². The third kappa shape index (κ3) is 2.59. The van der Waals surface area contributed by atoms with Gasteiger partial charge in [0.2, 0.25) is 5.91 Å². The molecule has 1 aromatic rings. The molecule has 20 heavy (non-hydrogen) atoms. The van der Waals surface area contributed by atoms with Crippen molar-refractivity contribution in [2.45, 2.75) is 57.8 Å². The number of nitrogens with one attached hydrogen (secondary N) is 1. The Morgan fingerprint density at radius 3 is 2.60 bits per heavy atom. The summed E-state index contributed by atoms with van der Waals surface area (Å²) >= 11 is 0. The maximum absolute atomic E-state index is 12.9. The lowest BCUT2D eigenvalue weighted by atomic mass is 9.87. The van der Waals surface area contributed by atoms with E-state index >= 15 is 0 Å². The molecule has 108 valence electrons. The first kappa shape index (κ1) is 13.6. The number of carbonyl (C=O) groups excluding carboxylic acids is 1. The van der Waals surface area contributed by atoms with E-state index in [1.165, 1.54) is 18.4 Å². The summed E-state index contributed by atoms with van der Waals surface area (Å²) in [5.74, 6) is 0.531. The van der Waals surface area contributed by atoms with E-state index in [-0.39, 0.29) is 12.0 Å². The molecule has 2 aliphatic heterocycles. The molecule has 3 atom stereocenters. The molecule has 0 aliphatic carbocycles. The van der Waals surface area contributed by atoms with Crippen LogP contribution in [0.15, 0.2) is 30.3 Å². The molecule has 1 amide bonds. The van der Waals surface area contributed by atoms with Gasteiger partial charge in [-0.3, -0.25) is 4.79 Å². The summed E-state index contributed by atoms with van der Waals surface area (Å²) < 4.78 is 0. The Morgan fingerprint density at radius 1 is 1.30 bits per heavy atom. The molecule has 1 N–H and O–H groups in total. The number of hydrogen-bond donors (Lipinski definition) is 1. The molecule has 3 nitrogen and oxygen atoms in total. The van der Waals surface area contributed by atoms with Gasteiger partial charge in [0.25, 0.3) is 0 Å². The Hall–Kier alpha value is -1.35. The summed E-state index contributed by atoms with van der Waals surface area (Å²) in [4.78, 5) is 14.9. The molecule has 0 saturated carbocycles. The van der Waals surface area contributed by atoms with Crippen molar-refractivity contribution >= 4 is 5.91 Å². The molecule has 1 aromatic carbocycles. The average Bonchev–Trinajstić information content (AvgIpc) is 3.07. The first-order valence-electron chi connectivity index (χ1n) is 7.75. The third-order valence-electron chi connectivity index (χ3n) is 4.72. The van der Waals surface area contributed by atoms with Crippen molar-refractivity contribution in [2.75, 3.05) is 0 Å². The molecule has 3 rings (SSSR count). The van der Waals surface area contributed by atoms with E-state index in [1.54, 1.807) is 0 Å². The molecule has 2 fully saturated rings. The Balaban J connectivity index is 1.72. The van der Waals surface area contributed by atoms with Crippen LogP contribution in [0.3, 0.4) is 0 Å². The van der Waals surface area contributed by atoms with Gasteiger partial charge in [-0.05, 0) is 38.7 Å². The van der Waals surface area contributed by atoms with Crippen LogP contribution in [-0.2, 0) is 11.3 Å². The van der Waals surface area contributed by atoms with Crippen LogP contribution >= 0.6 is 0 Å². The molecule has 0 aromatic heterocycles. The minimum atomic E-state index is 0.194. The summed E-state index contributed by atoms with van der Waals surface area (Å²) in [5.41, 5.74) is 1.21. The van der Waals surface area contributed by atoms with Gasteiger partial charge in [-0.15, -0.1) is 0 Å². The number of carbonyl (C=O) groups is 1. The van der Waals surface area contributed by atoms with Crippen molar-refractivity contribution in [1.82, 2.24) is 10.2 Å². The van der Waals surface area contributed by atoms with Gasteiger partial charge in [0.1, 0.15) is 0 Å². The summed E-state index contributed by atoms with van der Waals surface area (Å²) in [6.45, 7) is 4.95. The number of fused-ring (bicyclic) bond motifs is 2. The van der Waals surface area contributed by atoms with Gasteiger partial charge < -0.3 is 10.2 Å². The van der Waals surface area contributed by atoms with Crippen LogP contribution in [0.25, 0.3) is 0 Å². The Kier molecular flexibility index (Phi) is 3.79. The maximum Gasteiger partial charge on any atom is 0.227 e. The minimum Gasteiger partial charge on any atom is -0.336 e. The quantitative estimate of drug-likeness (QED) is 0.913. The summed E-state index contributed by atoms with van der Waals surface area (Å²) in [6, 6.07) is 11.6. The van der Waals surface area contributed by atoms with Gasteiger partial charge >= 0.3 is 0 Å². The lowest BCUT2D eigenvalue weighted by molar-refractivity contribution is -0.138. The number of hydrogen-bond acceptors (Lipinski definition) is 2. The van der Waals surface area contributed by atoms with E-state index in [4.69, 9.17) is 0 Å². The van der Waals surface area contributed by atoms with E-state index in [2.05, 4.69) is 31.3 Å². The van der Waals surface area contributed by atoms with Crippen LogP contribution < -0.4 is 5.32 Å². The van der Waals surface area contributed by atoms with E-state index in [0.717, 1.165) is 13.0 Å². The van der Waals surface area contributed by atoms with Gasteiger partial charge in [0.15, 0.2) is 0 Å². The lowest BCUT2D eigenvalue weighted by Crippen LogP contribution is -2.44. The zero-order valence-corrected chi connectivity index (χ0v) is 12.4. The fraction of sp³-hybridized carbons (Fsp3) is 0.588. The first-order valence-corrected chi connectivity index (χ1v) is 7.75. The van der Waals surface area contributed by atoms with E-state index in [0.29, 0.717) is 18.0 Å². The molecule has 3 heteroatoms. The highest BCUT2D eigenvalue weighted by molar-refractivity contribution is 5.80. The van der Waals surface area contributed by atoms with Crippen molar-refractivity contribution in [2.24, 2.45) is 5.92 Å².